The summed E-state index contributed by atoms with van der Waals surface area (Å²) < 4.78 is 31.5. The number of halogens is 4. The van der Waals surface area contributed by atoms with E-state index < -0.39 is 23.1 Å². The highest BCUT2D eigenvalue weighted by molar-refractivity contribution is 6.33. The number of likely N-dealkylation sites (tertiary alicyclic amines) is 1. The Labute approximate surface area is 247 Å². The zero-order valence-corrected chi connectivity index (χ0v) is 24.6. The summed E-state index contributed by atoms with van der Waals surface area (Å²) in [6, 6.07) is 2.16. The van der Waals surface area contributed by atoms with E-state index in [-0.39, 0.29) is 45.5 Å². The van der Waals surface area contributed by atoms with Gasteiger partial charge in [0.25, 0.3) is 11.8 Å². The van der Waals surface area contributed by atoms with Crippen molar-refractivity contribution in [1.29, 1.82) is 0 Å². The van der Waals surface area contributed by atoms with Gasteiger partial charge in [0.2, 0.25) is 0 Å². The maximum absolute atomic E-state index is 13.2. The molecule has 0 spiro atoms. The second kappa shape index (κ2) is 14.7. The van der Waals surface area contributed by atoms with Gasteiger partial charge in [0.1, 0.15) is 27.5 Å². The summed E-state index contributed by atoms with van der Waals surface area (Å²) in [6.45, 7) is 8.15. The number of carbonyl (C=O) groups excluding carboxylic acids is 3. The normalized spacial score (nSPS) is 16.3. The molecule has 4 rings (SSSR count). The first-order valence-electron chi connectivity index (χ1n) is 13.2. The number of piperidine rings is 2. The molecule has 0 atom stereocenters. The number of hydrogen-bond donors (Lipinski definition) is 3. The highest BCUT2D eigenvalue weighted by atomic mass is 35.5. The van der Waals surface area contributed by atoms with E-state index in [9.17, 15) is 23.2 Å². The largest absolute Gasteiger partial charge is 0.444 e. The Morgan fingerprint density at radius 3 is 1.76 bits per heavy atom. The minimum atomic E-state index is -0.621. The van der Waals surface area contributed by atoms with Crippen LogP contribution in [0.2, 0.25) is 10.3 Å². The Morgan fingerprint density at radius 1 is 0.878 bits per heavy atom. The molecule has 2 aromatic heterocycles. The third kappa shape index (κ3) is 10.4. The first-order valence-corrected chi connectivity index (χ1v) is 14.0. The van der Waals surface area contributed by atoms with Gasteiger partial charge in [-0.1, -0.05) is 23.2 Å². The van der Waals surface area contributed by atoms with Crippen LogP contribution in [0.15, 0.2) is 24.5 Å². The molecular weight excluding hydrogens is 581 g/mol. The summed E-state index contributed by atoms with van der Waals surface area (Å²) in [5, 5.41) is 8.82. The van der Waals surface area contributed by atoms with Gasteiger partial charge in [0.05, 0.1) is 23.5 Å². The number of pyridine rings is 2. The minimum Gasteiger partial charge on any atom is -0.444 e. The number of ether oxygens (including phenoxy) is 1. The van der Waals surface area contributed by atoms with Crippen molar-refractivity contribution < 1.29 is 27.9 Å². The van der Waals surface area contributed by atoms with Crippen LogP contribution in [0.3, 0.4) is 0 Å². The fraction of sp³-hybridized carbons (Fsp3) is 0.519. The lowest BCUT2D eigenvalue weighted by atomic mass is 10.0. The second-order valence-electron chi connectivity index (χ2n) is 10.7. The molecule has 224 valence electrons. The van der Waals surface area contributed by atoms with Crippen molar-refractivity contribution in [1.82, 2.24) is 30.8 Å². The summed E-state index contributed by atoms with van der Waals surface area (Å²) in [5.74, 6) is -2.02. The lowest BCUT2D eigenvalue weighted by molar-refractivity contribution is 0.0199. The molecule has 0 aromatic carbocycles. The molecule has 2 saturated heterocycles. The highest BCUT2D eigenvalue weighted by Gasteiger charge is 2.28. The monoisotopic (exact) mass is 614 g/mol. The molecule has 14 heteroatoms. The third-order valence-corrected chi connectivity index (χ3v) is 6.86. The molecule has 2 aliphatic heterocycles. The van der Waals surface area contributed by atoms with E-state index in [4.69, 9.17) is 27.9 Å². The van der Waals surface area contributed by atoms with Crippen LogP contribution in [0, 0.1) is 11.6 Å². The Kier molecular flexibility index (Phi) is 11.6. The van der Waals surface area contributed by atoms with Crippen LogP contribution in [-0.4, -0.2) is 76.6 Å². The molecule has 0 radical (unpaired) electrons. The van der Waals surface area contributed by atoms with E-state index in [1.807, 2.05) is 20.8 Å². The lowest BCUT2D eigenvalue weighted by Crippen LogP contribution is -2.47. The molecule has 41 heavy (non-hydrogen) atoms. The fourth-order valence-corrected chi connectivity index (χ4v) is 4.57. The highest BCUT2D eigenvalue weighted by Crippen LogP contribution is 2.18. The van der Waals surface area contributed by atoms with Gasteiger partial charge in [-0.2, -0.15) is 0 Å². The SMILES string of the molecule is CC(C)(C)OC(=O)N1CCC(NC(=O)c2cc(F)cnc2Cl)CC1.O=C(NC1CCNCC1)c1cc(F)cnc1Cl. The Balaban J connectivity index is 0.000000239. The van der Waals surface area contributed by atoms with Crippen molar-refractivity contribution in [3.8, 4) is 0 Å². The van der Waals surface area contributed by atoms with E-state index in [2.05, 4.69) is 25.9 Å². The first kappa shape index (κ1) is 32.4. The molecule has 0 saturated carbocycles. The van der Waals surface area contributed by atoms with Gasteiger partial charge in [-0.15, -0.1) is 0 Å². The number of amides is 3. The van der Waals surface area contributed by atoms with Crippen molar-refractivity contribution >= 4 is 41.1 Å². The van der Waals surface area contributed by atoms with Crippen LogP contribution in [0.1, 0.15) is 67.2 Å². The lowest BCUT2D eigenvalue weighted by Gasteiger charge is -2.33. The average Bonchev–Trinajstić information content (AvgIpc) is 2.91. The fourth-order valence-electron chi connectivity index (χ4n) is 4.19. The molecule has 2 aliphatic rings. The van der Waals surface area contributed by atoms with Crippen LogP contribution in [0.4, 0.5) is 13.6 Å². The van der Waals surface area contributed by atoms with Crippen LogP contribution < -0.4 is 16.0 Å². The first-order chi connectivity index (χ1) is 19.3. The molecule has 0 bridgehead atoms. The number of hydrogen-bond acceptors (Lipinski definition) is 7. The Hall–Kier alpha value is -3.09. The van der Waals surface area contributed by atoms with E-state index in [0.717, 1.165) is 50.5 Å². The number of rotatable bonds is 4. The Bertz CT molecular complexity index is 1230. The molecule has 10 nitrogen and oxygen atoms in total. The zero-order chi connectivity index (χ0) is 30.2. The summed E-state index contributed by atoms with van der Waals surface area (Å²) in [6.07, 6.45) is 4.50. The van der Waals surface area contributed by atoms with Crippen LogP contribution in [0.5, 0.6) is 0 Å². The maximum atomic E-state index is 13.2. The summed E-state index contributed by atoms with van der Waals surface area (Å²) in [5.41, 5.74) is -0.444. The van der Waals surface area contributed by atoms with Gasteiger partial charge in [-0.25, -0.2) is 23.5 Å². The van der Waals surface area contributed by atoms with E-state index in [0.29, 0.717) is 25.9 Å². The van der Waals surface area contributed by atoms with Gasteiger partial charge >= 0.3 is 6.09 Å². The standard InChI is InChI=1S/C16H21ClFN3O3.C11H13ClFN3O/c1-16(2,3)24-15(23)21-6-4-11(5-7-21)20-14(22)12-8-10(18)9-19-13(12)17;12-10-9(5-7(13)6-15-10)11(17)16-8-1-3-14-4-2-8/h8-9,11H,4-7H2,1-3H3,(H,20,22);5-6,8,14H,1-4H2,(H,16,17). The van der Waals surface area contributed by atoms with Crippen molar-refractivity contribution in [2.24, 2.45) is 0 Å². The molecule has 3 amide bonds. The molecule has 0 aliphatic carbocycles. The van der Waals surface area contributed by atoms with Gasteiger partial charge in [0.15, 0.2) is 0 Å². The molecule has 2 fully saturated rings. The predicted octanol–water partition coefficient (Wildman–Crippen LogP) is 4.36. The van der Waals surface area contributed by atoms with Crippen LogP contribution in [-0.2, 0) is 4.74 Å². The van der Waals surface area contributed by atoms with Crippen molar-refractivity contribution in [3.05, 3.63) is 57.6 Å². The Morgan fingerprint density at radius 2 is 1.32 bits per heavy atom. The van der Waals surface area contributed by atoms with Crippen LogP contribution >= 0.6 is 23.2 Å². The smallest absolute Gasteiger partial charge is 0.410 e. The topological polar surface area (TPSA) is 126 Å². The molecular formula is C27H34Cl2F2N6O4. The predicted molar refractivity (Wildman–Crippen MR) is 150 cm³/mol. The van der Waals surface area contributed by atoms with Gasteiger partial charge in [0, 0.05) is 25.2 Å². The quantitative estimate of drug-likeness (QED) is 0.437. The van der Waals surface area contributed by atoms with E-state index in [1.54, 1.807) is 4.90 Å². The maximum Gasteiger partial charge on any atom is 0.410 e. The summed E-state index contributed by atoms with van der Waals surface area (Å²) in [4.78, 5) is 44.9. The van der Waals surface area contributed by atoms with Gasteiger partial charge in [-0.3, -0.25) is 9.59 Å². The molecule has 3 N–H and O–H groups in total. The van der Waals surface area contributed by atoms with E-state index >= 15 is 0 Å². The second-order valence-corrected chi connectivity index (χ2v) is 11.4. The molecule has 0 unspecified atom stereocenters. The van der Waals surface area contributed by atoms with Crippen molar-refractivity contribution in [2.45, 2.75) is 64.1 Å². The van der Waals surface area contributed by atoms with Gasteiger partial charge < -0.3 is 25.6 Å². The molecule has 4 heterocycles. The number of aromatic nitrogens is 2. The number of carbonyl (C=O) groups is 3. The zero-order valence-electron chi connectivity index (χ0n) is 23.1. The van der Waals surface area contributed by atoms with Crippen molar-refractivity contribution in [2.75, 3.05) is 26.2 Å². The number of nitrogens with one attached hydrogen (secondary N) is 3. The van der Waals surface area contributed by atoms with Gasteiger partial charge in [-0.05, 0) is 71.7 Å². The molecule has 2 aromatic rings. The summed E-state index contributed by atoms with van der Waals surface area (Å²) in [7, 11) is 0. The summed E-state index contributed by atoms with van der Waals surface area (Å²) >= 11 is 11.6. The minimum absolute atomic E-state index is 0.00578. The van der Waals surface area contributed by atoms with Crippen LogP contribution in [0.25, 0.3) is 0 Å². The third-order valence-electron chi connectivity index (χ3n) is 6.26. The average molecular weight is 616 g/mol. The van der Waals surface area contributed by atoms with E-state index in [1.165, 1.54) is 0 Å². The number of nitrogens with zero attached hydrogens (tertiary/aromatic N) is 3. The van der Waals surface area contributed by atoms with Crippen molar-refractivity contribution in [3.63, 3.8) is 0 Å².